The first kappa shape index (κ1) is 16.8. The predicted molar refractivity (Wildman–Crippen MR) is 96.0 cm³/mol. The van der Waals surface area contributed by atoms with E-state index in [2.05, 4.69) is 5.32 Å². The molecule has 128 valence electrons. The lowest BCUT2D eigenvalue weighted by molar-refractivity contribution is -0.139. The fourth-order valence-corrected chi connectivity index (χ4v) is 3.00. The van der Waals surface area contributed by atoms with Gasteiger partial charge >= 0.3 is 12.0 Å². The molecule has 5 nitrogen and oxygen atoms in total. The number of allylic oxidation sites excluding steroid dienone is 1. The van der Waals surface area contributed by atoms with Crippen LogP contribution in [-0.2, 0) is 9.53 Å². The lowest BCUT2D eigenvalue weighted by Gasteiger charge is -2.35. The smallest absolute Gasteiger partial charge is 0.338 e. The van der Waals surface area contributed by atoms with Crippen molar-refractivity contribution < 1.29 is 14.3 Å². The molecule has 0 aromatic heterocycles. The van der Waals surface area contributed by atoms with Crippen molar-refractivity contribution in [2.45, 2.75) is 19.9 Å². The number of urea groups is 1. The number of amides is 2. The van der Waals surface area contributed by atoms with Crippen LogP contribution in [0.3, 0.4) is 0 Å². The molecular weight excluding hydrogens is 316 g/mol. The average Bonchev–Trinajstić information content (AvgIpc) is 2.63. The summed E-state index contributed by atoms with van der Waals surface area (Å²) < 4.78 is 5.25. The average molecular weight is 336 g/mol. The molecule has 0 saturated carbocycles. The number of esters is 1. The Morgan fingerprint density at radius 1 is 1.08 bits per heavy atom. The van der Waals surface area contributed by atoms with Gasteiger partial charge in [-0.3, -0.25) is 4.90 Å². The van der Waals surface area contributed by atoms with E-state index in [1.807, 2.05) is 60.7 Å². The molecule has 25 heavy (non-hydrogen) atoms. The number of nitrogens with one attached hydrogen (secondary N) is 1. The summed E-state index contributed by atoms with van der Waals surface area (Å²) in [4.78, 5) is 26.9. The highest BCUT2D eigenvalue weighted by Crippen LogP contribution is 2.33. The number of carbonyl (C=O) groups is 2. The van der Waals surface area contributed by atoms with E-state index in [-0.39, 0.29) is 12.6 Å². The molecule has 0 fully saturated rings. The van der Waals surface area contributed by atoms with Crippen molar-refractivity contribution in [2.24, 2.45) is 0 Å². The van der Waals surface area contributed by atoms with Gasteiger partial charge in [-0.2, -0.15) is 0 Å². The Bertz CT molecular complexity index is 800. The van der Waals surface area contributed by atoms with Gasteiger partial charge in [0.25, 0.3) is 0 Å². The van der Waals surface area contributed by atoms with Crippen molar-refractivity contribution in [2.75, 3.05) is 11.5 Å². The highest BCUT2D eigenvalue weighted by Gasteiger charge is 2.36. The van der Waals surface area contributed by atoms with Gasteiger partial charge in [-0.15, -0.1) is 0 Å². The number of benzene rings is 2. The molecule has 1 N–H and O–H groups in total. The van der Waals surface area contributed by atoms with Gasteiger partial charge < -0.3 is 10.1 Å². The maximum atomic E-state index is 12.7. The Morgan fingerprint density at radius 3 is 2.28 bits per heavy atom. The number of ether oxygens (including phenoxy) is 1. The maximum Gasteiger partial charge on any atom is 0.338 e. The van der Waals surface area contributed by atoms with Crippen LogP contribution in [-0.4, -0.2) is 18.6 Å². The van der Waals surface area contributed by atoms with Gasteiger partial charge in [-0.05, 0) is 31.5 Å². The van der Waals surface area contributed by atoms with E-state index in [0.717, 1.165) is 5.56 Å². The van der Waals surface area contributed by atoms with Gasteiger partial charge in [0.2, 0.25) is 0 Å². The molecular formula is C20H20N2O3. The minimum absolute atomic E-state index is 0.273. The third-order valence-electron chi connectivity index (χ3n) is 4.13. The van der Waals surface area contributed by atoms with E-state index in [0.29, 0.717) is 17.0 Å². The molecule has 0 radical (unpaired) electrons. The van der Waals surface area contributed by atoms with Crippen molar-refractivity contribution in [1.29, 1.82) is 0 Å². The van der Waals surface area contributed by atoms with Crippen LogP contribution in [0.5, 0.6) is 0 Å². The molecule has 2 amide bonds. The number of rotatable bonds is 4. The zero-order valence-electron chi connectivity index (χ0n) is 14.2. The summed E-state index contributed by atoms with van der Waals surface area (Å²) in [7, 11) is 0. The zero-order valence-corrected chi connectivity index (χ0v) is 14.2. The number of nitrogens with zero attached hydrogens (tertiary/aromatic N) is 1. The van der Waals surface area contributed by atoms with Gasteiger partial charge in [0.15, 0.2) is 0 Å². The Kier molecular flexibility index (Phi) is 4.84. The van der Waals surface area contributed by atoms with Gasteiger partial charge in [0.05, 0.1) is 23.9 Å². The van der Waals surface area contributed by atoms with Gasteiger partial charge in [0.1, 0.15) is 0 Å². The fraction of sp³-hybridized carbons (Fsp3) is 0.200. The molecule has 0 bridgehead atoms. The predicted octanol–water partition coefficient (Wildman–Crippen LogP) is 3.79. The fourth-order valence-electron chi connectivity index (χ4n) is 3.00. The van der Waals surface area contributed by atoms with E-state index in [4.69, 9.17) is 4.74 Å². The first-order valence-electron chi connectivity index (χ1n) is 8.22. The molecule has 1 atom stereocenters. The summed E-state index contributed by atoms with van der Waals surface area (Å²) >= 11 is 0. The molecule has 2 aromatic carbocycles. The minimum atomic E-state index is -0.535. The Hall–Kier alpha value is -3.08. The van der Waals surface area contributed by atoms with Crippen LogP contribution < -0.4 is 10.2 Å². The van der Waals surface area contributed by atoms with Crippen LogP contribution in [0.4, 0.5) is 10.5 Å². The standard InChI is InChI=1S/C20H20N2O3/c1-3-25-19(23)17-14(2)22(16-12-8-5-9-13-16)20(24)21-18(17)15-10-6-4-7-11-15/h4-13,18H,3H2,1-2H3,(H,21,24)/t18-/m0/s1. The third-order valence-corrected chi connectivity index (χ3v) is 4.13. The van der Waals surface area contributed by atoms with Gasteiger partial charge in [0, 0.05) is 5.70 Å². The number of hydrogen-bond acceptors (Lipinski definition) is 3. The monoisotopic (exact) mass is 336 g/mol. The highest BCUT2D eigenvalue weighted by molar-refractivity contribution is 6.03. The highest BCUT2D eigenvalue weighted by atomic mass is 16.5. The van der Waals surface area contributed by atoms with Crippen molar-refractivity contribution in [3.8, 4) is 0 Å². The van der Waals surface area contributed by atoms with E-state index in [1.54, 1.807) is 13.8 Å². The first-order valence-corrected chi connectivity index (χ1v) is 8.22. The van der Waals surface area contributed by atoms with Gasteiger partial charge in [-0.25, -0.2) is 9.59 Å². The van der Waals surface area contributed by atoms with Crippen molar-refractivity contribution >= 4 is 17.7 Å². The summed E-state index contributed by atoms with van der Waals surface area (Å²) in [6.45, 7) is 3.81. The SMILES string of the molecule is CCOC(=O)C1=C(C)N(c2ccccc2)C(=O)N[C@H]1c1ccccc1. The summed E-state index contributed by atoms with van der Waals surface area (Å²) in [5.41, 5.74) is 2.55. The topological polar surface area (TPSA) is 58.6 Å². The van der Waals surface area contributed by atoms with Crippen LogP contribution in [0.1, 0.15) is 25.5 Å². The third kappa shape index (κ3) is 3.26. The summed E-state index contributed by atoms with van der Waals surface area (Å²) in [6.07, 6.45) is 0. The molecule has 0 unspecified atom stereocenters. The van der Waals surface area contributed by atoms with Crippen LogP contribution in [0, 0.1) is 0 Å². The van der Waals surface area contributed by atoms with E-state index < -0.39 is 12.0 Å². The zero-order chi connectivity index (χ0) is 17.8. The first-order chi connectivity index (χ1) is 12.1. The van der Waals surface area contributed by atoms with Crippen LogP contribution >= 0.6 is 0 Å². The molecule has 0 spiro atoms. The molecule has 5 heteroatoms. The van der Waals surface area contributed by atoms with Crippen LogP contribution in [0.2, 0.25) is 0 Å². The summed E-state index contributed by atoms with van der Waals surface area (Å²) in [5, 5.41) is 2.93. The normalized spacial score (nSPS) is 17.3. The summed E-state index contributed by atoms with van der Waals surface area (Å²) in [5.74, 6) is -0.421. The number of para-hydroxylation sites is 1. The van der Waals surface area contributed by atoms with Crippen molar-refractivity contribution in [3.05, 3.63) is 77.5 Å². The van der Waals surface area contributed by atoms with E-state index in [9.17, 15) is 9.59 Å². The molecule has 0 saturated heterocycles. The lowest BCUT2D eigenvalue weighted by Crippen LogP contribution is -2.48. The quantitative estimate of drug-likeness (QED) is 0.864. The van der Waals surface area contributed by atoms with Crippen molar-refractivity contribution in [1.82, 2.24) is 5.32 Å². The van der Waals surface area contributed by atoms with Crippen LogP contribution in [0.25, 0.3) is 0 Å². The van der Waals surface area contributed by atoms with Crippen molar-refractivity contribution in [3.63, 3.8) is 0 Å². The van der Waals surface area contributed by atoms with Gasteiger partial charge in [-0.1, -0.05) is 48.5 Å². The second-order valence-corrected chi connectivity index (χ2v) is 5.68. The molecule has 2 aromatic rings. The van der Waals surface area contributed by atoms with Crippen LogP contribution in [0.15, 0.2) is 71.9 Å². The Morgan fingerprint density at radius 2 is 1.68 bits per heavy atom. The number of anilines is 1. The molecule has 1 heterocycles. The second kappa shape index (κ2) is 7.21. The molecule has 3 rings (SSSR count). The van der Waals surface area contributed by atoms with E-state index in [1.165, 1.54) is 4.90 Å². The number of carbonyl (C=O) groups excluding carboxylic acids is 2. The minimum Gasteiger partial charge on any atom is -0.463 e. The maximum absolute atomic E-state index is 12.7. The number of hydrogen-bond donors (Lipinski definition) is 1. The molecule has 1 aliphatic rings. The van der Waals surface area contributed by atoms with E-state index >= 15 is 0 Å². The molecule has 0 aliphatic carbocycles. The second-order valence-electron chi connectivity index (χ2n) is 5.68. The summed E-state index contributed by atoms with van der Waals surface area (Å²) in [6, 6.07) is 17.8. The molecule has 1 aliphatic heterocycles. The Labute approximate surface area is 146 Å². The largest absolute Gasteiger partial charge is 0.463 e. The lowest BCUT2D eigenvalue weighted by atomic mass is 9.94. The Balaban J connectivity index is 2.12.